The minimum atomic E-state index is -0.261. The molecule has 0 bridgehead atoms. The molecule has 120 valence electrons. The Hall–Kier alpha value is -1.84. The van der Waals surface area contributed by atoms with Crippen molar-refractivity contribution in [3.05, 3.63) is 29.8 Å². The second-order valence-electron chi connectivity index (χ2n) is 7.34. The lowest BCUT2D eigenvalue weighted by Gasteiger charge is -2.27. The minimum Gasteiger partial charge on any atom is -0.354 e. The van der Waals surface area contributed by atoms with Crippen LogP contribution >= 0.6 is 0 Å². The molecule has 0 aromatic heterocycles. The lowest BCUT2D eigenvalue weighted by molar-refractivity contribution is -0.126. The minimum absolute atomic E-state index is 0.0283. The van der Waals surface area contributed by atoms with Gasteiger partial charge in [0, 0.05) is 24.7 Å². The molecule has 1 aromatic rings. The molecule has 2 amide bonds. The number of carbonyl (C=O) groups is 2. The highest BCUT2D eigenvalue weighted by atomic mass is 16.2. The van der Waals surface area contributed by atoms with Crippen molar-refractivity contribution in [2.75, 3.05) is 11.4 Å². The van der Waals surface area contributed by atoms with Gasteiger partial charge in [0.25, 0.3) is 0 Å². The van der Waals surface area contributed by atoms with Crippen molar-refractivity contribution in [3.63, 3.8) is 0 Å². The first kappa shape index (κ1) is 16.5. The number of rotatable bonds is 3. The monoisotopic (exact) mass is 302 g/mol. The zero-order chi connectivity index (χ0) is 16.5. The molecule has 1 saturated heterocycles. The Morgan fingerprint density at radius 1 is 1.27 bits per heavy atom. The van der Waals surface area contributed by atoms with Crippen molar-refractivity contribution in [1.29, 1.82) is 0 Å². The van der Waals surface area contributed by atoms with Gasteiger partial charge in [0.1, 0.15) is 0 Å². The number of hydrogen-bond donors (Lipinski definition) is 1. The van der Waals surface area contributed by atoms with Gasteiger partial charge in [-0.1, -0.05) is 39.0 Å². The highest BCUT2D eigenvalue weighted by Crippen LogP contribution is 2.35. The first-order valence-electron chi connectivity index (χ1n) is 7.90. The molecule has 1 heterocycles. The van der Waals surface area contributed by atoms with Crippen LogP contribution in [0.4, 0.5) is 5.69 Å². The van der Waals surface area contributed by atoms with Crippen LogP contribution in [0.25, 0.3) is 0 Å². The first-order chi connectivity index (χ1) is 10.2. The number of carbonyl (C=O) groups excluding carboxylic acids is 2. The number of nitrogens with one attached hydrogen (secondary N) is 1. The van der Waals surface area contributed by atoms with Gasteiger partial charge < -0.3 is 10.2 Å². The second kappa shape index (κ2) is 6.11. The van der Waals surface area contributed by atoms with Gasteiger partial charge in [0.2, 0.25) is 11.8 Å². The highest BCUT2D eigenvalue weighted by Gasteiger charge is 2.36. The Morgan fingerprint density at radius 3 is 2.50 bits per heavy atom. The van der Waals surface area contributed by atoms with E-state index in [9.17, 15) is 9.59 Å². The van der Waals surface area contributed by atoms with Gasteiger partial charge in [-0.05, 0) is 30.9 Å². The Kier molecular flexibility index (Phi) is 4.59. The third-order valence-electron chi connectivity index (χ3n) is 3.93. The fourth-order valence-electron chi connectivity index (χ4n) is 2.86. The van der Waals surface area contributed by atoms with Crippen LogP contribution in [0.1, 0.15) is 46.6 Å². The average Bonchev–Trinajstić information content (AvgIpc) is 2.79. The molecular formula is C18H26N2O2. The Bertz CT molecular complexity index is 573. The van der Waals surface area contributed by atoms with Crippen LogP contribution in [0.5, 0.6) is 0 Å². The summed E-state index contributed by atoms with van der Waals surface area (Å²) >= 11 is 0. The van der Waals surface area contributed by atoms with Crippen molar-refractivity contribution in [3.8, 4) is 0 Å². The molecule has 1 atom stereocenters. The summed E-state index contributed by atoms with van der Waals surface area (Å²) < 4.78 is 0. The average molecular weight is 302 g/mol. The van der Waals surface area contributed by atoms with E-state index in [1.807, 2.05) is 32.0 Å². The molecule has 1 aliphatic heterocycles. The number of hydrogen-bond acceptors (Lipinski definition) is 2. The smallest absolute Gasteiger partial charge is 0.227 e. The van der Waals surface area contributed by atoms with E-state index in [-0.39, 0.29) is 35.6 Å². The van der Waals surface area contributed by atoms with Crippen LogP contribution in [0, 0.1) is 5.92 Å². The van der Waals surface area contributed by atoms with E-state index >= 15 is 0 Å². The predicted octanol–water partition coefficient (Wildman–Crippen LogP) is 2.86. The van der Waals surface area contributed by atoms with Gasteiger partial charge >= 0.3 is 0 Å². The van der Waals surface area contributed by atoms with Crippen molar-refractivity contribution in [1.82, 2.24) is 5.32 Å². The largest absolute Gasteiger partial charge is 0.354 e. The summed E-state index contributed by atoms with van der Waals surface area (Å²) in [5.41, 5.74) is 2.02. The summed E-state index contributed by atoms with van der Waals surface area (Å²) in [6.45, 7) is 10.7. The van der Waals surface area contributed by atoms with Gasteiger partial charge in [-0.3, -0.25) is 9.59 Å². The lowest BCUT2D eigenvalue weighted by atomic mass is 9.85. The standard InChI is InChI=1S/C18H26N2O2/c1-12(2)19-17(22)13-10-16(21)20(11-13)15-9-7-6-8-14(15)18(3,4)5/h6-9,12-13H,10-11H2,1-5H3,(H,19,22). The predicted molar refractivity (Wildman–Crippen MR) is 88.9 cm³/mol. The maximum absolute atomic E-state index is 12.4. The molecule has 4 heteroatoms. The Labute approximate surface area is 132 Å². The molecule has 1 N–H and O–H groups in total. The maximum atomic E-state index is 12.4. The van der Waals surface area contributed by atoms with Crippen LogP contribution in [-0.4, -0.2) is 24.4 Å². The van der Waals surface area contributed by atoms with Gasteiger partial charge in [0.05, 0.1) is 5.92 Å². The summed E-state index contributed by atoms with van der Waals surface area (Å²) in [5, 5.41) is 2.90. The SMILES string of the molecule is CC(C)NC(=O)C1CC(=O)N(c2ccccc2C(C)(C)C)C1. The normalized spacial score (nSPS) is 18.9. The van der Waals surface area contributed by atoms with E-state index < -0.39 is 0 Å². The molecule has 1 aromatic carbocycles. The number of amides is 2. The third-order valence-corrected chi connectivity index (χ3v) is 3.93. The van der Waals surface area contributed by atoms with Crippen molar-refractivity contribution in [2.24, 2.45) is 5.92 Å². The van der Waals surface area contributed by atoms with Crippen molar-refractivity contribution < 1.29 is 9.59 Å². The second-order valence-corrected chi connectivity index (χ2v) is 7.34. The van der Waals surface area contributed by atoms with E-state index in [4.69, 9.17) is 0 Å². The molecule has 2 rings (SSSR count). The quantitative estimate of drug-likeness (QED) is 0.933. The van der Waals surface area contributed by atoms with E-state index in [2.05, 4.69) is 32.2 Å². The molecule has 0 spiro atoms. The molecule has 1 aliphatic rings. The molecule has 22 heavy (non-hydrogen) atoms. The zero-order valence-corrected chi connectivity index (χ0v) is 14.1. The fourth-order valence-corrected chi connectivity index (χ4v) is 2.86. The number of para-hydroxylation sites is 1. The van der Waals surface area contributed by atoms with Crippen LogP contribution in [0.3, 0.4) is 0 Å². The van der Waals surface area contributed by atoms with E-state index in [0.717, 1.165) is 11.3 Å². The summed E-state index contributed by atoms with van der Waals surface area (Å²) in [4.78, 5) is 26.3. The molecule has 0 saturated carbocycles. The number of benzene rings is 1. The molecular weight excluding hydrogens is 276 g/mol. The van der Waals surface area contributed by atoms with Gasteiger partial charge in [-0.25, -0.2) is 0 Å². The maximum Gasteiger partial charge on any atom is 0.227 e. The molecule has 1 fully saturated rings. The highest BCUT2D eigenvalue weighted by molar-refractivity contribution is 6.01. The first-order valence-corrected chi connectivity index (χ1v) is 7.90. The number of anilines is 1. The van der Waals surface area contributed by atoms with E-state index in [0.29, 0.717) is 6.54 Å². The molecule has 4 nitrogen and oxygen atoms in total. The summed E-state index contributed by atoms with van der Waals surface area (Å²) in [6, 6.07) is 8.07. The lowest BCUT2D eigenvalue weighted by Crippen LogP contribution is -2.37. The van der Waals surface area contributed by atoms with Crippen LogP contribution in [0.15, 0.2) is 24.3 Å². The van der Waals surface area contributed by atoms with E-state index in [1.165, 1.54) is 0 Å². The van der Waals surface area contributed by atoms with Gasteiger partial charge in [0.15, 0.2) is 0 Å². The summed E-state index contributed by atoms with van der Waals surface area (Å²) in [6.07, 6.45) is 0.289. The topological polar surface area (TPSA) is 49.4 Å². The van der Waals surface area contributed by atoms with E-state index in [1.54, 1.807) is 4.90 Å². The van der Waals surface area contributed by atoms with Gasteiger partial charge in [-0.15, -0.1) is 0 Å². The Morgan fingerprint density at radius 2 is 1.91 bits per heavy atom. The van der Waals surface area contributed by atoms with Gasteiger partial charge in [-0.2, -0.15) is 0 Å². The number of nitrogens with zero attached hydrogens (tertiary/aromatic N) is 1. The fraction of sp³-hybridized carbons (Fsp3) is 0.556. The molecule has 0 radical (unpaired) electrons. The summed E-state index contributed by atoms with van der Waals surface area (Å²) in [5.74, 6) is -0.261. The van der Waals surface area contributed by atoms with Crippen LogP contribution < -0.4 is 10.2 Å². The third kappa shape index (κ3) is 3.49. The van der Waals surface area contributed by atoms with Crippen molar-refractivity contribution >= 4 is 17.5 Å². The molecule has 0 aliphatic carbocycles. The zero-order valence-electron chi connectivity index (χ0n) is 14.1. The van der Waals surface area contributed by atoms with Crippen LogP contribution in [0.2, 0.25) is 0 Å². The van der Waals surface area contributed by atoms with Crippen molar-refractivity contribution in [2.45, 2.75) is 52.5 Å². The molecule has 1 unspecified atom stereocenters. The van der Waals surface area contributed by atoms with Crippen LogP contribution in [-0.2, 0) is 15.0 Å². The Balaban J connectivity index is 2.25. The summed E-state index contributed by atoms with van der Waals surface area (Å²) in [7, 11) is 0.